The minimum atomic E-state index is -3.57. The molecule has 0 radical (unpaired) electrons. The molecule has 222 valence electrons. The van der Waals surface area contributed by atoms with Gasteiger partial charge in [-0.3, -0.25) is 19.8 Å². The molecule has 2 aromatic carbocycles. The van der Waals surface area contributed by atoms with E-state index in [-0.39, 0.29) is 34.9 Å². The lowest BCUT2D eigenvalue weighted by molar-refractivity contribution is -0.384. The molecule has 2 saturated heterocycles. The second-order valence-electron chi connectivity index (χ2n) is 10.2. The third-order valence-electron chi connectivity index (χ3n) is 7.70. The Hall–Kier alpha value is -2.84. The average Bonchev–Trinajstić information content (AvgIpc) is 3.41. The van der Waals surface area contributed by atoms with Gasteiger partial charge < -0.3 is 10.2 Å². The number of nitrogens with zero attached hydrogens (tertiary/aromatic N) is 5. The van der Waals surface area contributed by atoms with Crippen LogP contribution in [-0.4, -0.2) is 85.3 Å². The highest BCUT2D eigenvalue weighted by molar-refractivity contribution is 7.89. The Balaban J connectivity index is 0.00000387. The van der Waals surface area contributed by atoms with E-state index in [0.29, 0.717) is 25.2 Å². The predicted molar refractivity (Wildman–Crippen MR) is 163 cm³/mol. The van der Waals surface area contributed by atoms with Crippen molar-refractivity contribution in [2.75, 3.05) is 50.7 Å². The van der Waals surface area contributed by atoms with Crippen LogP contribution in [0.15, 0.2) is 47.4 Å². The number of benzene rings is 2. The van der Waals surface area contributed by atoms with Gasteiger partial charge in [-0.2, -0.15) is 4.31 Å². The number of rotatable bonds is 9. The Morgan fingerprint density at radius 2 is 1.83 bits per heavy atom. The zero-order chi connectivity index (χ0) is 28.3. The van der Waals surface area contributed by atoms with Gasteiger partial charge in [-0.1, -0.05) is 24.7 Å². The SMILES string of the molecule is CCC1CCCCN1S(=O)(=O)c1ccc(C(=O)NCCN2CCN(c3nc4ccc([N+](=O)[O-])cc4s3)CC2)cc1.Cl. The molecule has 0 aliphatic carbocycles. The van der Waals surface area contributed by atoms with E-state index in [4.69, 9.17) is 0 Å². The summed E-state index contributed by atoms with van der Waals surface area (Å²) < 4.78 is 28.8. The van der Waals surface area contributed by atoms with E-state index in [9.17, 15) is 23.3 Å². The normalized spacial score (nSPS) is 18.7. The van der Waals surface area contributed by atoms with Crippen molar-refractivity contribution in [3.05, 3.63) is 58.1 Å². The van der Waals surface area contributed by atoms with Crippen molar-refractivity contribution in [2.24, 2.45) is 0 Å². The van der Waals surface area contributed by atoms with Crippen molar-refractivity contribution in [1.29, 1.82) is 0 Å². The molecular formula is C27H35ClN6O5S2. The Morgan fingerprint density at radius 3 is 2.51 bits per heavy atom. The number of halogens is 1. The smallest absolute Gasteiger partial charge is 0.270 e. The Morgan fingerprint density at radius 1 is 1.10 bits per heavy atom. The summed E-state index contributed by atoms with van der Waals surface area (Å²) in [7, 11) is -3.57. The maximum absolute atomic E-state index is 13.2. The van der Waals surface area contributed by atoms with Crippen LogP contribution in [0.5, 0.6) is 0 Å². The molecule has 11 nitrogen and oxygen atoms in total. The third kappa shape index (κ3) is 6.97. The molecule has 1 aromatic heterocycles. The molecule has 0 bridgehead atoms. The van der Waals surface area contributed by atoms with Crippen LogP contribution in [0.4, 0.5) is 10.8 Å². The number of amides is 1. The van der Waals surface area contributed by atoms with Crippen LogP contribution in [0.25, 0.3) is 10.2 Å². The number of nitro benzene ring substituents is 1. The lowest BCUT2D eigenvalue weighted by atomic mass is 10.0. The van der Waals surface area contributed by atoms with Crippen LogP contribution in [-0.2, 0) is 10.0 Å². The number of carbonyl (C=O) groups excluding carboxylic acids is 1. The second-order valence-corrected chi connectivity index (χ2v) is 13.1. The number of nitrogens with one attached hydrogen (secondary N) is 1. The van der Waals surface area contributed by atoms with Crippen LogP contribution >= 0.6 is 23.7 Å². The number of aromatic nitrogens is 1. The number of hydrogen-bond donors (Lipinski definition) is 1. The number of fused-ring (bicyclic) bond motifs is 1. The molecule has 0 saturated carbocycles. The number of thiazole rings is 1. The summed E-state index contributed by atoms with van der Waals surface area (Å²) >= 11 is 1.46. The summed E-state index contributed by atoms with van der Waals surface area (Å²) in [6.45, 7) is 6.93. The van der Waals surface area contributed by atoms with Crippen LogP contribution < -0.4 is 10.2 Å². The molecular weight excluding hydrogens is 588 g/mol. The van der Waals surface area contributed by atoms with Crippen LogP contribution in [0.1, 0.15) is 43.0 Å². The second kappa shape index (κ2) is 13.4. The molecule has 3 heterocycles. The van der Waals surface area contributed by atoms with Gasteiger partial charge in [0.25, 0.3) is 11.6 Å². The number of hydrogen-bond acceptors (Lipinski definition) is 9. The fourth-order valence-corrected chi connectivity index (χ4v) is 8.17. The lowest BCUT2D eigenvalue weighted by Gasteiger charge is -2.34. The first-order chi connectivity index (χ1) is 19.3. The summed E-state index contributed by atoms with van der Waals surface area (Å²) in [4.78, 5) is 32.7. The van der Waals surface area contributed by atoms with Crippen molar-refractivity contribution in [2.45, 2.75) is 43.5 Å². The van der Waals surface area contributed by atoms with Crippen molar-refractivity contribution >= 4 is 60.7 Å². The summed E-state index contributed by atoms with van der Waals surface area (Å²) in [6, 6.07) is 11.0. The minimum Gasteiger partial charge on any atom is -0.351 e. The van der Waals surface area contributed by atoms with Gasteiger partial charge in [0.2, 0.25) is 10.0 Å². The molecule has 3 aromatic rings. The van der Waals surface area contributed by atoms with Gasteiger partial charge in [0.15, 0.2) is 5.13 Å². The van der Waals surface area contributed by atoms with E-state index in [1.54, 1.807) is 28.6 Å². The lowest BCUT2D eigenvalue weighted by Crippen LogP contribution is -2.48. The molecule has 0 spiro atoms. The van der Waals surface area contributed by atoms with Crippen LogP contribution in [0.3, 0.4) is 0 Å². The molecule has 2 aliphatic rings. The molecule has 5 rings (SSSR count). The van der Waals surface area contributed by atoms with E-state index >= 15 is 0 Å². The number of non-ortho nitro benzene ring substituents is 1. The van der Waals surface area contributed by atoms with Gasteiger partial charge in [0.05, 0.1) is 20.0 Å². The van der Waals surface area contributed by atoms with Crippen molar-refractivity contribution in [3.8, 4) is 0 Å². The Kier molecular flexibility index (Phi) is 10.2. The van der Waals surface area contributed by atoms with E-state index < -0.39 is 14.9 Å². The molecule has 2 fully saturated rings. The fraction of sp³-hybridized carbons (Fsp3) is 0.481. The monoisotopic (exact) mass is 622 g/mol. The first-order valence-electron chi connectivity index (χ1n) is 13.7. The van der Waals surface area contributed by atoms with E-state index in [1.807, 2.05) is 6.92 Å². The van der Waals surface area contributed by atoms with E-state index in [2.05, 4.69) is 20.1 Å². The summed E-state index contributed by atoms with van der Waals surface area (Å²) in [5.41, 5.74) is 1.27. The molecule has 1 atom stereocenters. The van der Waals surface area contributed by atoms with E-state index in [1.165, 1.54) is 29.5 Å². The number of anilines is 1. The van der Waals surface area contributed by atoms with E-state index in [0.717, 1.165) is 67.2 Å². The molecule has 41 heavy (non-hydrogen) atoms. The summed E-state index contributed by atoms with van der Waals surface area (Å²) in [6.07, 6.45) is 3.61. The van der Waals surface area contributed by atoms with Crippen LogP contribution in [0.2, 0.25) is 0 Å². The van der Waals surface area contributed by atoms with Crippen molar-refractivity contribution in [3.63, 3.8) is 0 Å². The highest BCUT2D eigenvalue weighted by Gasteiger charge is 2.32. The molecule has 2 aliphatic heterocycles. The van der Waals surface area contributed by atoms with Gasteiger partial charge in [-0.25, -0.2) is 13.4 Å². The molecule has 1 unspecified atom stereocenters. The standard InChI is InChI=1S/C27H34N6O5S2.ClH/c1-2-21-5-3-4-13-32(21)40(37,38)23-9-6-20(7-10-23)26(34)28-12-14-30-15-17-31(18-16-30)27-29-24-11-8-22(33(35)36)19-25(24)39-27;/h6-11,19,21H,2-5,12-18H2,1H3,(H,28,34);1H. The first-order valence-corrected chi connectivity index (χ1v) is 15.9. The van der Waals surface area contributed by atoms with Crippen LogP contribution in [0, 0.1) is 10.1 Å². The summed E-state index contributed by atoms with van der Waals surface area (Å²) in [5, 5.41) is 14.8. The van der Waals surface area contributed by atoms with Crippen molar-refractivity contribution in [1.82, 2.24) is 19.5 Å². The fourth-order valence-electron chi connectivity index (χ4n) is 5.35. The minimum absolute atomic E-state index is 0. The van der Waals surface area contributed by atoms with Gasteiger partial charge in [-0.05, 0) is 49.6 Å². The molecule has 1 N–H and O–H groups in total. The van der Waals surface area contributed by atoms with Crippen molar-refractivity contribution < 1.29 is 18.1 Å². The number of piperidine rings is 1. The number of carbonyl (C=O) groups is 1. The quantitative estimate of drug-likeness (QED) is 0.279. The zero-order valence-electron chi connectivity index (χ0n) is 22.9. The molecule has 1 amide bonds. The third-order valence-corrected chi connectivity index (χ3v) is 10.7. The number of nitro groups is 1. The Bertz CT molecular complexity index is 1480. The zero-order valence-corrected chi connectivity index (χ0v) is 25.3. The maximum Gasteiger partial charge on any atom is 0.270 e. The largest absolute Gasteiger partial charge is 0.351 e. The predicted octanol–water partition coefficient (Wildman–Crippen LogP) is 4.13. The first kappa shape index (κ1) is 31.1. The maximum atomic E-state index is 13.2. The Labute approximate surface area is 250 Å². The number of piperazine rings is 1. The van der Waals surface area contributed by atoms with Gasteiger partial charge in [0, 0.05) is 69.6 Å². The highest BCUT2D eigenvalue weighted by Crippen LogP contribution is 2.32. The summed E-state index contributed by atoms with van der Waals surface area (Å²) in [5.74, 6) is -0.226. The topological polar surface area (TPSA) is 129 Å². The van der Waals surface area contributed by atoms with Gasteiger partial charge in [-0.15, -0.1) is 12.4 Å². The highest BCUT2D eigenvalue weighted by atomic mass is 35.5. The molecule has 14 heteroatoms. The number of sulfonamides is 1. The van der Waals surface area contributed by atoms with Gasteiger partial charge in [0.1, 0.15) is 0 Å². The van der Waals surface area contributed by atoms with Gasteiger partial charge >= 0.3 is 0 Å². The average molecular weight is 623 g/mol.